The van der Waals surface area contributed by atoms with Crippen molar-refractivity contribution >= 4 is 24.1 Å². The number of carbonyl (C=O) groups is 2. The second kappa shape index (κ2) is 18.4. The van der Waals surface area contributed by atoms with Crippen LogP contribution in [0.5, 0.6) is 0 Å². The Labute approximate surface area is 192 Å². The molecular weight excluding hydrogens is 436 g/mol. The van der Waals surface area contributed by atoms with Gasteiger partial charge in [-0.1, -0.05) is 0 Å². The van der Waals surface area contributed by atoms with Crippen LogP contribution < -0.4 is 0 Å². The van der Waals surface area contributed by atoms with E-state index in [1.807, 2.05) is 6.92 Å². The Morgan fingerprint density at radius 1 is 0.879 bits per heavy atom. The van der Waals surface area contributed by atoms with Gasteiger partial charge in [0.25, 0.3) is 0 Å². The van der Waals surface area contributed by atoms with E-state index in [9.17, 15) is 9.59 Å². The van der Waals surface area contributed by atoms with Gasteiger partial charge in [-0.2, -0.15) is 0 Å². The summed E-state index contributed by atoms with van der Waals surface area (Å²) >= 11 is 0. The molecule has 0 amide bonds. The maximum atomic E-state index is 9.97. The number of hydrogen-bond acceptors (Lipinski definition) is 8. The molecule has 0 aliphatic heterocycles. The summed E-state index contributed by atoms with van der Waals surface area (Å²) in [6.07, 6.45) is 7.16. The molecular formula is C23H32O10. The van der Waals surface area contributed by atoms with E-state index >= 15 is 0 Å². The van der Waals surface area contributed by atoms with E-state index in [2.05, 4.69) is 0 Å². The molecule has 0 bridgehead atoms. The highest BCUT2D eigenvalue weighted by Crippen LogP contribution is 2.02. The first-order valence-electron chi connectivity index (χ1n) is 10.0. The topological polar surface area (TPSA) is 160 Å². The fourth-order valence-electron chi connectivity index (χ4n) is 1.78. The summed E-state index contributed by atoms with van der Waals surface area (Å²) < 4.78 is 20.1. The van der Waals surface area contributed by atoms with Crippen molar-refractivity contribution in [3.8, 4) is 0 Å². The van der Waals surface area contributed by atoms with Crippen molar-refractivity contribution in [3.05, 3.63) is 60.5 Å². The van der Waals surface area contributed by atoms with Crippen LogP contribution in [0.15, 0.2) is 57.8 Å². The first-order chi connectivity index (χ1) is 15.6. The molecule has 2 rings (SSSR count). The van der Waals surface area contributed by atoms with Crippen LogP contribution in [0.4, 0.5) is 0 Å². The number of rotatable bonds is 11. The molecule has 0 radical (unpaired) electrons. The molecule has 3 atom stereocenters. The Kier molecular flexibility index (Phi) is 16.6. The number of aliphatic carboxylic acids is 2. The number of ether oxygens (including phenoxy) is 2. The van der Waals surface area contributed by atoms with Crippen molar-refractivity contribution in [3.63, 3.8) is 0 Å². The summed E-state index contributed by atoms with van der Waals surface area (Å²) in [6.45, 7) is 6.10. The molecule has 184 valence electrons. The van der Waals surface area contributed by atoms with Crippen molar-refractivity contribution in [2.45, 2.75) is 39.1 Å². The van der Waals surface area contributed by atoms with Gasteiger partial charge < -0.3 is 38.7 Å². The highest BCUT2D eigenvalue weighted by molar-refractivity contribution is 5.85. The number of aliphatic hydroxyl groups is 2. The third-order valence-electron chi connectivity index (χ3n) is 3.36. The molecule has 0 aromatic carbocycles. The second-order valence-corrected chi connectivity index (χ2v) is 6.69. The zero-order valence-electron chi connectivity index (χ0n) is 18.9. The Morgan fingerprint density at radius 2 is 1.33 bits per heavy atom. The van der Waals surface area contributed by atoms with E-state index in [4.69, 9.17) is 38.7 Å². The average Bonchev–Trinajstić information content (AvgIpc) is 3.48. The smallest absolute Gasteiger partial charge is 0.328 e. The Morgan fingerprint density at radius 3 is 1.67 bits per heavy atom. The summed E-state index contributed by atoms with van der Waals surface area (Å²) in [7, 11) is 0. The number of carboxylic acid groups (broad SMARTS) is 2. The van der Waals surface area contributed by atoms with Crippen LogP contribution in [0.2, 0.25) is 0 Å². The molecule has 10 nitrogen and oxygen atoms in total. The molecule has 2 aromatic heterocycles. The minimum atomic E-state index is -0.976. The predicted octanol–water partition coefficient (Wildman–Crippen LogP) is 2.92. The highest BCUT2D eigenvalue weighted by atomic mass is 16.5. The van der Waals surface area contributed by atoms with Crippen LogP contribution in [-0.4, -0.2) is 70.5 Å². The van der Waals surface area contributed by atoms with Crippen LogP contribution in [0.1, 0.15) is 32.3 Å². The minimum absolute atomic E-state index is 0.0170. The first kappa shape index (κ1) is 29.8. The summed E-state index contributed by atoms with van der Waals surface area (Å²) in [5.41, 5.74) is 0. The van der Waals surface area contributed by atoms with Crippen LogP contribution in [0, 0.1) is 0 Å². The van der Waals surface area contributed by atoms with Crippen LogP contribution in [0.3, 0.4) is 0 Å². The molecule has 3 unspecified atom stereocenters. The highest BCUT2D eigenvalue weighted by Gasteiger charge is 2.07. The second-order valence-electron chi connectivity index (χ2n) is 6.69. The third-order valence-corrected chi connectivity index (χ3v) is 3.36. The maximum absolute atomic E-state index is 9.97. The molecule has 0 saturated heterocycles. The fraction of sp³-hybridized carbons (Fsp3) is 0.391. The van der Waals surface area contributed by atoms with E-state index < -0.39 is 18.0 Å². The van der Waals surface area contributed by atoms with Gasteiger partial charge in [-0.05, 0) is 57.2 Å². The van der Waals surface area contributed by atoms with Gasteiger partial charge in [0.2, 0.25) is 0 Å². The van der Waals surface area contributed by atoms with E-state index in [-0.39, 0.29) is 18.8 Å². The summed E-state index contributed by atoms with van der Waals surface area (Å²) in [5, 5.41) is 33.9. The number of furan rings is 2. The number of hydrogen-bond donors (Lipinski definition) is 4. The fourth-order valence-corrected chi connectivity index (χ4v) is 1.78. The first-order valence-corrected chi connectivity index (χ1v) is 10.0. The molecule has 0 fully saturated rings. The zero-order chi connectivity index (χ0) is 25.1. The van der Waals surface area contributed by atoms with Crippen molar-refractivity contribution in [1.82, 2.24) is 0 Å². The Bertz CT molecular complexity index is 737. The summed E-state index contributed by atoms with van der Waals surface area (Å²) in [5.74, 6) is -0.863. The van der Waals surface area contributed by atoms with Gasteiger partial charge in [-0.25, -0.2) is 9.59 Å². The van der Waals surface area contributed by atoms with Crippen LogP contribution in [0.25, 0.3) is 12.2 Å². The molecule has 0 saturated carbocycles. The standard InChI is InChI=1S/C9H20O4.2C7H6O3/c1-7(11)5-12-9(3)6-13-8(2)4-10;2*8-7(9)4-3-6-2-1-5-10-6/h7-11H,4-6H2,1-3H3;2*1-5H,(H,8,9). The lowest BCUT2D eigenvalue weighted by atomic mass is 10.4. The van der Waals surface area contributed by atoms with Crippen molar-refractivity contribution < 1.29 is 48.3 Å². The Hall–Kier alpha value is -3.18. The quantitative estimate of drug-likeness (QED) is 0.361. The molecule has 2 heterocycles. The van der Waals surface area contributed by atoms with Gasteiger partial charge in [-0.3, -0.25) is 0 Å². The van der Waals surface area contributed by atoms with Crippen LogP contribution in [-0.2, 0) is 19.1 Å². The molecule has 0 spiro atoms. The van der Waals surface area contributed by atoms with Crippen molar-refractivity contribution in [1.29, 1.82) is 0 Å². The van der Waals surface area contributed by atoms with E-state index in [1.165, 1.54) is 24.7 Å². The number of aliphatic hydroxyl groups excluding tert-OH is 2. The van der Waals surface area contributed by atoms with Gasteiger partial charge in [0.1, 0.15) is 11.5 Å². The van der Waals surface area contributed by atoms with Gasteiger partial charge in [-0.15, -0.1) is 0 Å². The normalized spacial score (nSPS) is 13.5. The Balaban J connectivity index is 0.000000470. The molecule has 0 aliphatic rings. The lowest BCUT2D eigenvalue weighted by Crippen LogP contribution is -2.24. The van der Waals surface area contributed by atoms with E-state index in [0.717, 1.165) is 12.2 Å². The zero-order valence-corrected chi connectivity index (χ0v) is 18.9. The van der Waals surface area contributed by atoms with Crippen LogP contribution >= 0.6 is 0 Å². The molecule has 2 aromatic rings. The minimum Gasteiger partial charge on any atom is -0.478 e. The van der Waals surface area contributed by atoms with Gasteiger partial charge in [0, 0.05) is 12.2 Å². The molecule has 33 heavy (non-hydrogen) atoms. The lowest BCUT2D eigenvalue weighted by Gasteiger charge is -2.16. The maximum Gasteiger partial charge on any atom is 0.328 e. The lowest BCUT2D eigenvalue weighted by molar-refractivity contribution is -0.132. The summed E-state index contributed by atoms with van der Waals surface area (Å²) in [6, 6.07) is 6.75. The van der Waals surface area contributed by atoms with Gasteiger partial charge in [0.05, 0.1) is 50.7 Å². The average molecular weight is 468 g/mol. The molecule has 4 N–H and O–H groups in total. The summed E-state index contributed by atoms with van der Waals surface area (Å²) in [4.78, 5) is 19.9. The van der Waals surface area contributed by atoms with Crippen molar-refractivity contribution in [2.24, 2.45) is 0 Å². The molecule has 10 heteroatoms. The predicted molar refractivity (Wildman–Crippen MR) is 120 cm³/mol. The van der Waals surface area contributed by atoms with Crippen molar-refractivity contribution in [2.75, 3.05) is 19.8 Å². The van der Waals surface area contributed by atoms with E-state index in [1.54, 1.807) is 38.1 Å². The monoisotopic (exact) mass is 468 g/mol. The van der Waals surface area contributed by atoms with Gasteiger partial charge >= 0.3 is 11.9 Å². The third kappa shape index (κ3) is 19.2. The molecule has 0 aliphatic carbocycles. The number of carboxylic acids is 2. The largest absolute Gasteiger partial charge is 0.478 e. The van der Waals surface area contributed by atoms with E-state index in [0.29, 0.717) is 24.7 Å². The van der Waals surface area contributed by atoms with Gasteiger partial charge in [0.15, 0.2) is 0 Å². The SMILES string of the molecule is CC(O)COC(C)COC(C)CO.O=C(O)C=Cc1ccco1.O=C(O)C=Cc1ccco1.